The lowest BCUT2D eigenvalue weighted by molar-refractivity contribution is -0.131. The van der Waals surface area contributed by atoms with Crippen LogP contribution < -0.4 is 5.32 Å². The molecule has 1 aliphatic rings. The average molecular weight is 394 g/mol. The van der Waals surface area contributed by atoms with E-state index in [1.165, 1.54) is 0 Å². The number of piperidine rings is 1. The fourth-order valence-corrected chi connectivity index (χ4v) is 4.20. The number of carbonyl (C=O) groups is 2. The van der Waals surface area contributed by atoms with Crippen molar-refractivity contribution in [2.75, 3.05) is 13.1 Å². The molecule has 0 aliphatic carbocycles. The Balaban J connectivity index is 1.27. The lowest BCUT2D eigenvalue weighted by Gasteiger charge is -2.32. The number of aromatic nitrogens is 1. The summed E-state index contributed by atoms with van der Waals surface area (Å²) in [5.41, 5.74) is 1.69. The molecule has 28 heavy (non-hydrogen) atoms. The Morgan fingerprint density at radius 1 is 1.00 bits per heavy atom. The van der Waals surface area contributed by atoms with Crippen molar-refractivity contribution in [1.82, 2.24) is 14.8 Å². The van der Waals surface area contributed by atoms with Gasteiger partial charge >= 0.3 is 0 Å². The molecular formula is C22H23N3O2S. The summed E-state index contributed by atoms with van der Waals surface area (Å²) in [6.07, 6.45) is 6.01. The molecule has 1 saturated heterocycles. The predicted octanol–water partition coefficient (Wildman–Crippen LogP) is 3.50. The molecule has 1 N–H and O–H groups in total. The molecule has 0 spiro atoms. The van der Waals surface area contributed by atoms with Gasteiger partial charge in [-0.05, 0) is 60.7 Å². The summed E-state index contributed by atoms with van der Waals surface area (Å²) in [4.78, 5) is 27.9. The summed E-state index contributed by atoms with van der Waals surface area (Å²) >= 11 is 1.62. The Bertz CT molecular complexity index is 909. The van der Waals surface area contributed by atoms with Crippen LogP contribution >= 0.6 is 11.3 Å². The van der Waals surface area contributed by atoms with Crippen LogP contribution in [0.25, 0.3) is 5.69 Å². The lowest BCUT2D eigenvalue weighted by atomic mass is 10.0. The number of hydrogen-bond donors (Lipinski definition) is 1. The van der Waals surface area contributed by atoms with Crippen LogP contribution in [0.2, 0.25) is 0 Å². The minimum Gasteiger partial charge on any atom is -0.349 e. The minimum atomic E-state index is -0.0533. The normalized spacial score (nSPS) is 14.8. The van der Waals surface area contributed by atoms with E-state index in [1.54, 1.807) is 11.3 Å². The van der Waals surface area contributed by atoms with Crippen molar-refractivity contribution in [2.24, 2.45) is 0 Å². The van der Waals surface area contributed by atoms with Gasteiger partial charge in [0.05, 0.1) is 6.42 Å². The van der Waals surface area contributed by atoms with Gasteiger partial charge in [0.25, 0.3) is 5.91 Å². The molecule has 0 atom stereocenters. The molecule has 1 aliphatic heterocycles. The third-order valence-electron chi connectivity index (χ3n) is 5.12. The van der Waals surface area contributed by atoms with E-state index in [9.17, 15) is 9.59 Å². The number of rotatable bonds is 5. The van der Waals surface area contributed by atoms with Gasteiger partial charge in [0, 0.05) is 47.7 Å². The van der Waals surface area contributed by atoms with Crippen molar-refractivity contribution in [3.63, 3.8) is 0 Å². The Hall–Kier alpha value is -2.86. The van der Waals surface area contributed by atoms with Crippen LogP contribution in [0.4, 0.5) is 0 Å². The maximum atomic E-state index is 12.5. The highest BCUT2D eigenvalue weighted by Gasteiger charge is 2.24. The van der Waals surface area contributed by atoms with E-state index in [2.05, 4.69) is 5.32 Å². The Morgan fingerprint density at radius 2 is 1.71 bits per heavy atom. The zero-order valence-electron chi connectivity index (χ0n) is 15.6. The van der Waals surface area contributed by atoms with Gasteiger partial charge in [-0.3, -0.25) is 9.59 Å². The first-order chi connectivity index (χ1) is 13.7. The molecule has 3 heterocycles. The largest absolute Gasteiger partial charge is 0.349 e. The number of nitrogens with one attached hydrogen (secondary N) is 1. The van der Waals surface area contributed by atoms with Crippen LogP contribution in [0.5, 0.6) is 0 Å². The van der Waals surface area contributed by atoms with E-state index < -0.39 is 0 Å². The number of hydrogen-bond acceptors (Lipinski definition) is 3. The van der Waals surface area contributed by atoms with Gasteiger partial charge in [0.2, 0.25) is 5.91 Å². The van der Waals surface area contributed by atoms with Gasteiger partial charge in [-0.2, -0.15) is 0 Å². The second kappa shape index (κ2) is 8.44. The summed E-state index contributed by atoms with van der Waals surface area (Å²) in [6, 6.07) is 15.6. The highest BCUT2D eigenvalue weighted by molar-refractivity contribution is 7.10. The molecule has 5 nitrogen and oxygen atoms in total. The maximum absolute atomic E-state index is 12.5. The molecule has 2 aromatic heterocycles. The standard InChI is InChI=1S/C22H23N3O2S/c26-21(16-20-4-3-15-28-20)25-13-9-18(10-14-25)23-22(27)17-5-7-19(8-6-17)24-11-1-2-12-24/h1-8,11-12,15,18H,9-10,13-14,16H2,(H,23,27). The van der Waals surface area contributed by atoms with E-state index in [0.717, 1.165) is 23.4 Å². The first-order valence-corrected chi connectivity index (χ1v) is 10.4. The van der Waals surface area contributed by atoms with Crippen LogP contribution in [0.15, 0.2) is 66.3 Å². The van der Waals surface area contributed by atoms with E-state index >= 15 is 0 Å². The number of likely N-dealkylation sites (tertiary alicyclic amines) is 1. The zero-order chi connectivity index (χ0) is 19.3. The monoisotopic (exact) mass is 393 g/mol. The highest BCUT2D eigenvalue weighted by atomic mass is 32.1. The molecule has 3 aromatic rings. The number of amides is 2. The van der Waals surface area contributed by atoms with Gasteiger partial charge in [-0.15, -0.1) is 11.3 Å². The molecular weight excluding hydrogens is 370 g/mol. The summed E-state index contributed by atoms with van der Waals surface area (Å²) in [6.45, 7) is 1.39. The third kappa shape index (κ3) is 4.34. The molecule has 1 aromatic carbocycles. The number of carbonyl (C=O) groups excluding carboxylic acids is 2. The number of nitrogens with zero attached hydrogens (tertiary/aromatic N) is 2. The molecule has 0 saturated carbocycles. The van der Waals surface area contributed by atoms with E-state index in [-0.39, 0.29) is 17.9 Å². The molecule has 0 radical (unpaired) electrons. The Morgan fingerprint density at radius 3 is 2.36 bits per heavy atom. The number of benzene rings is 1. The van der Waals surface area contributed by atoms with Gasteiger partial charge in [-0.25, -0.2) is 0 Å². The first-order valence-electron chi connectivity index (χ1n) is 9.53. The van der Waals surface area contributed by atoms with Crippen molar-refractivity contribution >= 4 is 23.2 Å². The van der Waals surface area contributed by atoms with Gasteiger partial charge in [0.15, 0.2) is 0 Å². The van der Waals surface area contributed by atoms with Crippen molar-refractivity contribution < 1.29 is 9.59 Å². The van der Waals surface area contributed by atoms with Crippen molar-refractivity contribution in [3.05, 3.63) is 76.7 Å². The zero-order valence-corrected chi connectivity index (χ0v) is 16.4. The Labute approximate surface area is 168 Å². The topological polar surface area (TPSA) is 54.3 Å². The summed E-state index contributed by atoms with van der Waals surface area (Å²) in [5, 5.41) is 5.11. The first kappa shape index (κ1) is 18.5. The second-order valence-corrected chi connectivity index (χ2v) is 8.05. The van der Waals surface area contributed by atoms with E-state index in [4.69, 9.17) is 0 Å². The maximum Gasteiger partial charge on any atom is 0.251 e. The molecule has 1 fully saturated rings. The molecule has 6 heteroatoms. The van der Waals surface area contributed by atoms with Crippen molar-refractivity contribution in [2.45, 2.75) is 25.3 Å². The average Bonchev–Trinajstić information content (AvgIpc) is 3.43. The van der Waals surface area contributed by atoms with Crippen LogP contribution in [-0.2, 0) is 11.2 Å². The fourth-order valence-electron chi connectivity index (χ4n) is 3.51. The molecule has 144 valence electrons. The molecule has 4 rings (SSSR count). The number of thiophene rings is 1. The fraction of sp³-hybridized carbons (Fsp3) is 0.273. The summed E-state index contributed by atoms with van der Waals surface area (Å²) in [7, 11) is 0. The quantitative estimate of drug-likeness (QED) is 0.721. The van der Waals surface area contributed by atoms with Crippen LogP contribution in [0.3, 0.4) is 0 Å². The Kier molecular flexibility index (Phi) is 5.58. The van der Waals surface area contributed by atoms with Gasteiger partial charge in [-0.1, -0.05) is 6.07 Å². The third-order valence-corrected chi connectivity index (χ3v) is 6.00. The summed E-state index contributed by atoms with van der Waals surface area (Å²) in [5.74, 6) is 0.121. The van der Waals surface area contributed by atoms with Crippen molar-refractivity contribution in [1.29, 1.82) is 0 Å². The van der Waals surface area contributed by atoms with Crippen molar-refractivity contribution in [3.8, 4) is 5.69 Å². The predicted molar refractivity (Wildman–Crippen MR) is 111 cm³/mol. The molecule has 0 unspecified atom stereocenters. The van der Waals surface area contributed by atoms with Crippen LogP contribution in [0.1, 0.15) is 28.1 Å². The van der Waals surface area contributed by atoms with E-state index in [0.29, 0.717) is 25.1 Å². The summed E-state index contributed by atoms with van der Waals surface area (Å²) < 4.78 is 2.00. The second-order valence-electron chi connectivity index (χ2n) is 7.02. The van der Waals surface area contributed by atoms with Gasteiger partial charge in [0.1, 0.15) is 0 Å². The van der Waals surface area contributed by atoms with Crippen LogP contribution in [-0.4, -0.2) is 40.4 Å². The highest BCUT2D eigenvalue weighted by Crippen LogP contribution is 2.16. The molecule has 0 bridgehead atoms. The minimum absolute atomic E-state index is 0.0533. The van der Waals surface area contributed by atoms with Crippen LogP contribution in [0, 0.1) is 0 Å². The lowest BCUT2D eigenvalue weighted by Crippen LogP contribution is -2.46. The SMILES string of the molecule is O=C(NC1CCN(C(=O)Cc2cccs2)CC1)c1ccc(-n2cccc2)cc1. The molecule has 2 amide bonds. The van der Waals surface area contributed by atoms with E-state index in [1.807, 2.05) is 75.8 Å². The van der Waals surface area contributed by atoms with Gasteiger partial charge < -0.3 is 14.8 Å². The smallest absolute Gasteiger partial charge is 0.251 e.